The van der Waals surface area contributed by atoms with Crippen molar-refractivity contribution in [1.29, 1.82) is 0 Å². The van der Waals surface area contributed by atoms with Gasteiger partial charge in [-0.05, 0) is 49.1 Å². The molecule has 3 N–H and O–H groups in total. The second-order valence-corrected chi connectivity index (χ2v) is 7.98. The van der Waals surface area contributed by atoms with Crippen LogP contribution in [0.3, 0.4) is 0 Å². The highest BCUT2D eigenvalue weighted by molar-refractivity contribution is 5.72. The van der Waals surface area contributed by atoms with Gasteiger partial charge in [0.25, 0.3) is 0 Å². The van der Waals surface area contributed by atoms with Gasteiger partial charge in [-0.2, -0.15) is 13.2 Å². The van der Waals surface area contributed by atoms with Crippen molar-refractivity contribution in [2.75, 3.05) is 17.2 Å². The fourth-order valence-electron chi connectivity index (χ4n) is 3.86. The molecule has 2 aromatic heterocycles. The first-order valence-corrected chi connectivity index (χ1v) is 10.3. The minimum absolute atomic E-state index is 0.0303. The van der Waals surface area contributed by atoms with E-state index in [1.165, 1.54) is 0 Å². The zero-order valence-electron chi connectivity index (χ0n) is 17.4. The third kappa shape index (κ3) is 4.80. The van der Waals surface area contributed by atoms with Crippen LogP contribution in [0.1, 0.15) is 36.9 Å². The summed E-state index contributed by atoms with van der Waals surface area (Å²) in [5, 5.41) is 15.9. The third-order valence-corrected chi connectivity index (χ3v) is 5.64. The Morgan fingerprint density at radius 2 is 1.75 bits per heavy atom. The van der Waals surface area contributed by atoms with Crippen molar-refractivity contribution >= 4 is 17.6 Å². The van der Waals surface area contributed by atoms with E-state index in [1.54, 1.807) is 24.5 Å². The van der Waals surface area contributed by atoms with E-state index in [1.807, 2.05) is 13.0 Å². The van der Waals surface area contributed by atoms with Crippen molar-refractivity contribution in [3.63, 3.8) is 0 Å². The van der Waals surface area contributed by atoms with Gasteiger partial charge in [0.1, 0.15) is 5.69 Å². The molecule has 2 heterocycles. The molecule has 0 amide bonds. The number of aliphatic hydroxyl groups excluding tert-OH is 1. The monoisotopic (exact) mass is 444 g/mol. The van der Waals surface area contributed by atoms with Crippen LogP contribution in [0.5, 0.6) is 0 Å². The van der Waals surface area contributed by atoms with Gasteiger partial charge < -0.3 is 15.7 Å². The minimum Gasteiger partial charge on any atom is -0.394 e. The van der Waals surface area contributed by atoms with Crippen LogP contribution in [0.4, 0.5) is 30.8 Å². The van der Waals surface area contributed by atoms with E-state index in [9.17, 15) is 18.3 Å². The van der Waals surface area contributed by atoms with Crippen LogP contribution in [0.25, 0.3) is 11.1 Å². The van der Waals surface area contributed by atoms with Crippen LogP contribution < -0.4 is 10.6 Å². The van der Waals surface area contributed by atoms with E-state index in [2.05, 4.69) is 30.6 Å². The lowest BCUT2D eigenvalue weighted by Crippen LogP contribution is -2.39. The molecule has 0 aliphatic heterocycles. The van der Waals surface area contributed by atoms with Crippen LogP contribution >= 0.6 is 0 Å². The molecule has 3 aromatic rings. The average molecular weight is 444 g/mol. The summed E-state index contributed by atoms with van der Waals surface area (Å²) in [4.78, 5) is 16.2. The minimum atomic E-state index is -4.54. The van der Waals surface area contributed by atoms with Crippen molar-refractivity contribution in [2.24, 2.45) is 0 Å². The van der Waals surface area contributed by atoms with E-state index in [0.29, 0.717) is 11.6 Å². The smallest absolute Gasteiger partial charge is 0.394 e. The highest BCUT2D eigenvalue weighted by Crippen LogP contribution is 2.33. The molecule has 1 fully saturated rings. The van der Waals surface area contributed by atoms with Crippen LogP contribution in [-0.2, 0) is 6.18 Å². The number of nitrogens with one attached hydrogen (secondary N) is 2. The molecule has 10 heteroatoms. The summed E-state index contributed by atoms with van der Waals surface area (Å²) < 4.78 is 38.7. The summed E-state index contributed by atoms with van der Waals surface area (Å²) in [6.07, 6.45) is 3.75. The Morgan fingerprint density at radius 1 is 1.03 bits per heavy atom. The van der Waals surface area contributed by atoms with Crippen LogP contribution in [0.2, 0.25) is 0 Å². The first kappa shape index (κ1) is 21.9. The Hall–Kier alpha value is -3.27. The number of rotatable bonds is 6. The van der Waals surface area contributed by atoms with E-state index in [0.717, 1.165) is 54.6 Å². The Kier molecular flexibility index (Phi) is 5.96. The van der Waals surface area contributed by atoms with Crippen molar-refractivity contribution in [3.05, 3.63) is 54.1 Å². The van der Waals surface area contributed by atoms with Crippen LogP contribution in [-0.4, -0.2) is 37.2 Å². The molecule has 0 saturated heterocycles. The number of halogens is 3. The van der Waals surface area contributed by atoms with Crippen LogP contribution in [0, 0.1) is 6.92 Å². The summed E-state index contributed by atoms with van der Waals surface area (Å²) in [7, 11) is 0. The lowest BCUT2D eigenvalue weighted by molar-refractivity contribution is -0.141. The van der Waals surface area contributed by atoms with Gasteiger partial charge >= 0.3 is 6.18 Å². The molecule has 0 bridgehead atoms. The van der Waals surface area contributed by atoms with Crippen molar-refractivity contribution < 1.29 is 18.3 Å². The standard InChI is InChI=1S/C22H23F3N6O/c1-14-4-5-16(29-20-26-9-6-18(30-20)22(23,24)25)10-17(14)15-11-27-19(28-12-15)31-21(13-32)7-2-3-8-21/h4-6,9-12,32H,2-3,7-8,13H2,1H3,(H,26,29,30)(H,27,28,31). The van der Waals surface area contributed by atoms with Crippen LogP contribution in [0.15, 0.2) is 42.9 Å². The van der Waals surface area contributed by atoms with E-state index in [4.69, 9.17) is 0 Å². The molecular formula is C22H23F3N6O. The predicted molar refractivity (Wildman–Crippen MR) is 114 cm³/mol. The number of aromatic nitrogens is 4. The number of anilines is 3. The first-order chi connectivity index (χ1) is 15.3. The number of hydrogen-bond donors (Lipinski definition) is 3. The molecule has 0 atom stereocenters. The van der Waals surface area contributed by atoms with Gasteiger partial charge in [-0.25, -0.2) is 19.9 Å². The molecule has 1 aliphatic rings. The Balaban J connectivity index is 1.54. The predicted octanol–water partition coefficient (Wildman–Crippen LogP) is 4.72. The van der Waals surface area contributed by atoms with Gasteiger partial charge in [0.05, 0.1) is 12.1 Å². The average Bonchev–Trinajstić information content (AvgIpc) is 3.24. The summed E-state index contributed by atoms with van der Waals surface area (Å²) in [5.74, 6) is 0.310. The fourth-order valence-corrected chi connectivity index (χ4v) is 3.86. The zero-order chi connectivity index (χ0) is 22.8. The molecular weight excluding hydrogens is 421 g/mol. The lowest BCUT2D eigenvalue weighted by atomic mass is 9.99. The van der Waals surface area contributed by atoms with Crippen molar-refractivity contribution in [1.82, 2.24) is 19.9 Å². The first-order valence-electron chi connectivity index (χ1n) is 10.3. The summed E-state index contributed by atoms with van der Waals surface area (Å²) >= 11 is 0. The van der Waals surface area contributed by atoms with Gasteiger partial charge in [0.15, 0.2) is 0 Å². The summed E-state index contributed by atoms with van der Waals surface area (Å²) in [6, 6.07) is 6.20. The van der Waals surface area contributed by atoms with Gasteiger partial charge in [-0.3, -0.25) is 0 Å². The van der Waals surface area contributed by atoms with E-state index in [-0.39, 0.29) is 18.1 Å². The van der Waals surface area contributed by atoms with E-state index < -0.39 is 11.9 Å². The zero-order valence-corrected chi connectivity index (χ0v) is 17.4. The molecule has 1 saturated carbocycles. The molecule has 168 valence electrons. The second-order valence-electron chi connectivity index (χ2n) is 7.98. The molecule has 0 spiro atoms. The highest BCUT2D eigenvalue weighted by atomic mass is 19.4. The van der Waals surface area contributed by atoms with Gasteiger partial charge in [-0.15, -0.1) is 0 Å². The topological polar surface area (TPSA) is 95.9 Å². The second kappa shape index (κ2) is 8.70. The quantitative estimate of drug-likeness (QED) is 0.506. The number of aliphatic hydroxyl groups is 1. The summed E-state index contributed by atoms with van der Waals surface area (Å²) in [6.45, 7) is 1.95. The SMILES string of the molecule is Cc1ccc(Nc2nccc(C(F)(F)F)n2)cc1-c1cnc(NC2(CO)CCCC2)nc1. The molecule has 1 aromatic carbocycles. The van der Waals surface area contributed by atoms with Gasteiger partial charge in [0, 0.05) is 29.8 Å². The molecule has 32 heavy (non-hydrogen) atoms. The number of aryl methyl sites for hydroxylation is 1. The maximum atomic E-state index is 12.9. The molecule has 4 rings (SSSR count). The Morgan fingerprint density at radius 3 is 2.41 bits per heavy atom. The largest absolute Gasteiger partial charge is 0.433 e. The fraction of sp³-hybridized carbons (Fsp3) is 0.364. The number of hydrogen-bond acceptors (Lipinski definition) is 7. The molecule has 7 nitrogen and oxygen atoms in total. The molecule has 0 radical (unpaired) electrons. The lowest BCUT2D eigenvalue weighted by Gasteiger charge is -2.27. The highest BCUT2D eigenvalue weighted by Gasteiger charge is 2.34. The normalized spacial score (nSPS) is 15.5. The molecule has 0 unspecified atom stereocenters. The number of alkyl halides is 3. The van der Waals surface area contributed by atoms with E-state index >= 15 is 0 Å². The number of benzene rings is 1. The Bertz CT molecular complexity index is 1080. The summed E-state index contributed by atoms with van der Waals surface area (Å²) in [5.41, 5.74) is 1.69. The van der Waals surface area contributed by atoms with Crippen molar-refractivity contribution in [2.45, 2.75) is 44.3 Å². The van der Waals surface area contributed by atoms with Gasteiger partial charge in [0.2, 0.25) is 11.9 Å². The third-order valence-electron chi connectivity index (χ3n) is 5.64. The number of nitrogens with zero attached hydrogens (tertiary/aromatic N) is 4. The maximum absolute atomic E-state index is 12.9. The Labute approximate surface area is 183 Å². The maximum Gasteiger partial charge on any atom is 0.433 e. The molecule has 1 aliphatic carbocycles. The van der Waals surface area contributed by atoms with Crippen molar-refractivity contribution in [3.8, 4) is 11.1 Å². The van der Waals surface area contributed by atoms with Gasteiger partial charge in [-0.1, -0.05) is 18.9 Å².